The summed E-state index contributed by atoms with van der Waals surface area (Å²) in [7, 11) is 0. The summed E-state index contributed by atoms with van der Waals surface area (Å²) in [4.78, 5) is 0. The Morgan fingerprint density at radius 1 is 0.680 bits per heavy atom. The summed E-state index contributed by atoms with van der Waals surface area (Å²) in [6, 6.07) is 0. The van der Waals surface area contributed by atoms with Crippen LogP contribution in [0.1, 0.15) is 101 Å². The molecule has 0 saturated carbocycles. The van der Waals surface area contributed by atoms with Crippen molar-refractivity contribution in [1.82, 2.24) is 0 Å². The molecule has 0 radical (unpaired) electrons. The fraction of sp³-hybridized carbons (Fsp3) is 0.783. The summed E-state index contributed by atoms with van der Waals surface area (Å²) in [5, 5.41) is 0. The van der Waals surface area contributed by atoms with Gasteiger partial charge in [-0.05, 0) is 32.8 Å². The minimum Gasteiger partial charge on any atom is -0.323 e. The van der Waals surface area contributed by atoms with Crippen molar-refractivity contribution in [2.45, 2.75) is 111 Å². The molecule has 1 aromatic rings. The van der Waals surface area contributed by atoms with Gasteiger partial charge in [0.2, 0.25) is 0 Å². The van der Waals surface area contributed by atoms with Crippen LogP contribution in [0.4, 0.5) is 0 Å². The number of ether oxygens (including phenoxy) is 1. The number of rotatable bonds is 15. The van der Waals surface area contributed by atoms with Crippen molar-refractivity contribution in [3.63, 3.8) is 0 Å². The third kappa shape index (κ3) is 10.6. The molecule has 2 heteroatoms. The van der Waals surface area contributed by atoms with Crippen LogP contribution in [-0.2, 0) is 11.5 Å². The average molecular weight is 349 g/mol. The first kappa shape index (κ1) is 22.2. The molecule has 0 unspecified atom stereocenters. The van der Waals surface area contributed by atoms with Gasteiger partial charge in [0, 0.05) is 11.1 Å². The number of unbranched alkanes of at least 4 members (excludes halogenated alkanes) is 11. The maximum atomic E-state index is 5.82. The zero-order valence-electron chi connectivity index (χ0n) is 17.4. The standard InChI is InChI=1S/C23H42NO/c1-5-6-7-8-9-10-11-12-13-14-15-16-17-25-20-24-18-21(2)23(4)22(3)19-24/h18-19H,5-17,20H2,1-4H3/q+1. The molecule has 1 rings (SSSR count). The van der Waals surface area contributed by atoms with Gasteiger partial charge in [0.1, 0.15) is 0 Å². The van der Waals surface area contributed by atoms with Crippen molar-refractivity contribution in [1.29, 1.82) is 0 Å². The Balaban J connectivity index is 1.89. The van der Waals surface area contributed by atoms with Gasteiger partial charge in [-0.25, -0.2) is 0 Å². The molecule has 0 aliphatic heterocycles. The number of aryl methyl sites for hydroxylation is 2. The molecule has 0 spiro atoms. The third-order valence-corrected chi connectivity index (χ3v) is 5.28. The van der Waals surface area contributed by atoms with E-state index in [-0.39, 0.29) is 0 Å². The van der Waals surface area contributed by atoms with E-state index in [1.165, 1.54) is 93.7 Å². The molecule has 0 atom stereocenters. The second-order valence-corrected chi connectivity index (χ2v) is 7.69. The monoisotopic (exact) mass is 348 g/mol. The van der Waals surface area contributed by atoms with E-state index in [1.807, 2.05) is 0 Å². The Morgan fingerprint density at radius 2 is 1.12 bits per heavy atom. The minimum absolute atomic E-state index is 0.681. The number of aromatic nitrogens is 1. The number of hydrogen-bond acceptors (Lipinski definition) is 1. The van der Waals surface area contributed by atoms with Crippen molar-refractivity contribution in [2.24, 2.45) is 0 Å². The lowest BCUT2D eigenvalue weighted by Crippen LogP contribution is -2.35. The summed E-state index contributed by atoms with van der Waals surface area (Å²) < 4.78 is 7.99. The third-order valence-electron chi connectivity index (χ3n) is 5.28. The lowest BCUT2D eigenvalue weighted by molar-refractivity contribution is -0.733. The first-order valence-electron chi connectivity index (χ1n) is 10.7. The van der Waals surface area contributed by atoms with E-state index in [4.69, 9.17) is 4.74 Å². The fourth-order valence-corrected chi connectivity index (χ4v) is 3.33. The molecule has 0 bridgehead atoms. The van der Waals surface area contributed by atoms with Gasteiger partial charge in [-0.15, -0.1) is 0 Å². The lowest BCUT2D eigenvalue weighted by Gasteiger charge is -2.05. The fourth-order valence-electron chi connectivity index (χ4n) is 3.33. The highest BCUT2D eigenvalue weighted by atomic mass is 16.5. The SMILES string of the molecule is CCCCCCCCCCCCCCOC[n+]1cc(C)c(C)c(C)c1. The molecule has 1 heterocycles. The largest absolute Gasteiger partial charge is 0.323 e. The van der Waals surface area contributed by atoms with E-state index in [9.17, 15) is 0 Å². The van der Waals surface area contributed by atoms with Gasteiger partial charge in [0.25, 0.3) is 6.73 Å². The summed E-state index contributed by atoms with van der Waals surface area (Å²) in [6.45, 7) is 10.4. The van der Waals surface area contributed by atoms with Crippen LogP contribution >= 0.6 is 0 Å². The van der Waals surface area contributed by atoms with E-state index in [0.717, 1.165) is 6.61 Å². The quantitative estimate of drug-likeness (QED) is 0.258. The number of hydrogen-bond donors (Lipinski definition) is 0. The second-order valence-electron chi connectivity index (χ2n) is 7.69. The van der Waals surface area contributed by atoms with Crippen molar-refractivity contribution in [3.05, 3.63) is 29.1 Å². The smallest absolute Gasteiger partial charge is 0.252 e. The van der Waals surface area contributed by atoms with Crippen LogP contribution < -0.4 is 4.57 Å². The van der Waals surface area contributed by atoms with Crippen molar-refractivity contribution in [2.75, 3.05) is 6.61 Å². The van der Waals surface area contributed by atoms with Crippen LogP contribution in [-0.4, -0.2) is 6.61 Å². The molecule has 144 valence electrons. The molecule has 25 heavy (non-hydrogen) atoms. The van der Waals surface area contributed by atoms with Crippen LogP contribution in [0.2, 0.25) is 0 Å². The first-order valence-corrected chi connectivity index (χ1v) is 10.7. The summed E-state index contributed by atoms with van der Waals surface area (Å²) >= 11 is 0. The van der Waals surface area contributed by atoms with Gasteiger partial charge < -0.3 is 4.74 Å². The number of pyridine rings is 1. The van der Waals surface area contributed by atoms with Crippen molar-refractivity contribution < 1.29 is 9.30 Å². The Bertz CT molecular complexity index is 432. The maximum absolute atomic E-state index is 5.82. The zero-order chi connectivity index (χ0) is 18.3. The lowest BCUT2D eigenvalue weighted by atomic mass is 10.1. The Labute approximate surface area is 157 Å². The van der Waals surface area contributed by atoms with Gasteiger partial charge >= 0.3 is 0 Å². The van der Waals surface area contributed by atoms with Crippen LogP contribution in [0.5, 0.6) is 0 Å². The predicted molar refractivity (Wildman–Crippen MR) is 108 cm³/mol. The van der Waals surface area contributed by atoms with Crippen LogP contribution in [0.15, 0.2) is 12.4 Å². The molecule has 2 nitrogen and oxygen atoms in total. The van der Waals surface area contributed by atoms with Gasteiger partial charge in [0.15, 0.2) is 12.4 Å². The maximum Gasteiger partial charge on any atom is 0.252 e. The number of nitrogens with zero attached hydrogens (tertiary/aromatic N) is 1. The van der Waals surface area contributed by atoms with E-state index >= 15 is 0 Å². The molecular formula is C23H42NO+. The van der Waals surface area contributed by atoms with Gasteiger partial charge in [-0.3, -0.25) is 0 Å². The molecule has 0 aliphatic carbocycles. The Morgan fingerprint density at radius 3 is 1.60 bits per heavy atom. The van der Waals surface area contributed by atoms with Gasteiger partial charge in [0.05, 0.1) is 6.61 Å². The Hall–Kier alpha value is -0.890. The van der Waals surface area contributed by atoms with E-state index in [1.54, 1.807) is 0 Å². The van der Waals surface area contributed by atoms with E-state index in [0.29, 0.717) is 6.73 Å². The van der Waals surface area contributed by atoms with Crippen LogP contribution in [0, 0.1) is 20.8 Å². The molecule has 0 aromatic carbocycles. The molecule has 0 N–H and O–H groups in total. The highest BCUT2D eigenvalue weighted by Crippen LogP contribution is 2.12. The van der Waals surface area contributed by atoms with Crippen LogP contribution in [0.25, 0.3) is 0 Å². The molecule has 1 aromatic heterocycles. The predicted octanol–water partition coefficient (Wildman–Crippen LogP) is 6.57. The van der Waals surface area contributed by atoms with Crippen molar-refractivity contribution in [3.8, 4) is 0 Å². The molecule has 0 saturated heterocycles. The minimum atomic E-state index is 0.681. The zero-order valence-corrected chi connectivity index (χ0v) is 17.4. The van der Waals surface area contributed by atoms with Crippen molar-refractivity contribution >= 4 is 0 Å². The normalized spacial score (nSPS) is 11.2. The summed E-state index contributed by atoms with van der Waals surface area (Å²) in [5.41, 5.74) is 4.07. The summed E-state index contributed by atoms with van der Waals surface area (Å²) in [6.07, 6.45) is 21.1. The molecule has 0 aliphatic rings. The highest BCUT2D eigenvalue weighted by molar-refractivity contribution is 5.25. The van der Waals surface area contributed by atoms with E-state index in [2.05, 4.69) is 44.7 Å². The summed E-state index contributed by atoms with van der Waals surface area (Å²) in [5.74, 6) is 0. The van der Waals surface area contributed by atoms with E-state index < -0.39 is 0 Å². The second kappa shape index (κ2) is 14.3. The molecule has 0 amide bonds. The average Bonchev–Trinajstić information content (AvgIpc) is 2.60. The Kier molecular flexibility index (Phi) is 12.7. The topological polar surface area (TPSA) is 13.1 Å². The first-order chi connectivity index (χ1) is 12.1. The highest BCUT2D eigenvalue weighted by Gasteiger charge is 2.06. The van der Waals surface area contributed by atoms with Gasteiger partial charge in [-0.2, -0.15) is 4.57 Å². The van der Waals surface area contributed by atoms with Crippen LogP contribution in [0.3, 0.4) is 0 Å². The molecule has 0 fully saturated rings. The van der Waals surface area contributed by atoms with Gasteiger partial charge in [-0.1, -0.05) is 77.6 Å². The molecular weight excluding hydrogens is 306 g/mol.